The Morgan fingerprint density at radius 2 is 1.79 bits per heavy atom. The molecule has 0 aliphatic heterocycles. The van der Waals surface area contributed by atoms with E-state index in [-0.39, 0.29) is 22.1 Å². The minimum absolute atomic E-state index is 0.0525. The number of nitro benzene ring substituents is 1. The van der Waals surface area contributed by atoms with Crippen LogP contribution in [-0.4, -0.2) is 16.7 Å². The lowest BCUT2D eigenvalue weighted by atomic mass is 10.1. The largest absolute Gasteiger partial charge is 0.284 e. The van der Waals surface area contributed by atoms with Crippen molar-refractivity contribution < 1.29 is 14.5 Å². The minimum atomic E-state index is -0.657. The van der Waals surface area contributed by atoms with E-state index in [1.165, 1.54) is 12.1 Å². The van der Waals surface area contributed by atoms with E-state index in [0.29, 0.717) is 5.02 Å². The average molecular weight is 413 g/mol. The zero-order chi connectivity index (χ0) is 17.7. The quantitative estimate of drug-likeness (QED) is 0.595. The number of carbonyl (C=O) groups excluding carboxylic acids is 2. The molecular weight excluding hydrogens is 402 g/mol. The van der Waals surface area contributed by atoms with Gasteiger partial charge in [-0.15, -0.1) is 0 Å². The first-order valence-electron chi connectivity index (χ1n) is 6.64. The fraction of sp³-hybridized carbons (Fsp3) is 0.0667. The molecule has 0 atom stereocenters. The number of halogens is 2. The van der Waals surface area contributed by atoms with Crippen LogP contribution in [0.5, 0.6) is 0 Å². The maximum Gasteiger partial charge on any atom is 0.284 e. The summed E-state index contributed by atoms with van der Waals surface area (Å²) >= 11 is 8.79. The summed E-state index contributed by atoms with van der Waals surface area (Å²) in [5, 5.41) is 11.4. The van der Waals surface area contributed by atoms with Gasteiger partial charge in [0.2, 0.25) is 5.91 Å². The smallest absolute Gasteiger partial charge is 0.273 e. The van der Waals surface area contributed by atoms with Gasteiger partial charge in [0.1, 0.15) is 0 Å². The van der Waals surface area contributed by atoms with E-state index in [2.05, 4.69) is 26.8 Å². The van der Waals surface area contributed by atoms with Crippen molar-refractivity contribution in [2.24, 2.45) is 0 Å². The van der Waals surface area contributed by atoms with Crippen molar-refractivity contribution in [2.75, 3.05) is 0 Å². The second-order valence-corrected chi connectivity index (χ2v) is 6.02. The first kappa shape index (κ1) is 17.9. The van der Waals surface area contributed by atoms with Gasteiger partial charge in [0.05, 0.1) is 15.8 Å². The lowest BCUT2D eigenvalue weighted by molar-refractivity contribution is -0.385. The van der Waals surface area contributed by atoms with Gasteiger partial charge in [-0.05, 0) is 45.8 Å². The second-order valence-electron chi connectivity index (χ2n) is 4.73. The standard InChI is InChI=1S/C15H11BrClN3O4/c16-12-6-3-10(8-13(12)20(23)24)15(22)19-18-14(21)7-9-1-4-11(17)5-2-9/h1-6,8H,7H2,(H,18,21)(H,19,22). The topological polar surface area (TPSA) is 101 Å². The van der Waals surface area contributed by atoms with Gasteiger partial charge in [-0.2, -0.15) is 0 Å². The van der Waals surface area contributed by atoms with Crippen LogP contribution < -0.4 is 10.9 Å². The molecule has 2 aromatic carbocycles. The van der Waals surface area contributed by atoms with Crippen LogP contribution in [0, 0.1) is 10.1 Å². The molecule has 0 aromatic heterocycles. The Hall–Kier alpha value is -2.45. The summed E-state index contributed by atoms with van der Waals surface area (Å²) in [6.07, 6.45) is 0.0535. The van der Waals surface area contributed by atoms with Gasteiger partial charge < -0.3 is 0 Å². The average Bonchev–Trinajstić information content (AvgIpc) is 2.55. The number of hydrogen-bond donors (Lipinski definition) is 2. The predicted octanol–water partition coefficient (Wildman–Crippen LogP) is 3.01. The van der Waals surface area contributed by atoms with E-state index in [1.54, 1.807) is 24.3 Å². The van der Waals surface area contributed by atoms with Crippen LogP contribution in [0.3, 0.4) is 0 Å². The molecule has 7 nitrogen and oxygen atoms in total. The zero-order valence-corrected chi connectivity index (χ0v) is 14.4. The Labute approximate surface area is 150 Å². The molecular formula is C15H11BrClN3O4. The Kier molecular flexibility index (Phi) is 5.88. The van der Waals surface area contributed by atoms with Gasteiger partial charge >= 0.3 is 0 Å². The first-order valence-corrected chi connectivity index (χ1v) is 7.81. The first-order chi connectivity index (χ1) is 11.4. The highest BCUT2D eigenvalue weighted by Crippen LogP contribution is 2.25. The molecule has 0 radical (unpaired) electrons. The molecule has 2 amide bonds. The Morgan fingerprint density at radius 3 is 2.42 bits per heavy atom. The second kappa shape index (κ2) is 7.89. The van der Waals surface area contributed by atoms with Crippen LogP contribution in [0.2, 0.25) is 5.02 Å². The number of carbonyl (C=O) groups is 2. The summed E-state index contributed by atoms with van der Waals surface area (Å²) < 4.78 is 0.260. The Morgan fingerprint density at radius 1 is 1.12 bits per heavy atom. The van der Waals surface area contributed by atoms with Crippen LogP contribution in [0.4, 0.5) is 5.69 Å². The number of nitrogens with zero attached hydrogens (tertiary/aromatic N) is 1. The molecule has 2 aromatic rings. The van der Waals surface area contributed by atoms with Crippen LogP contribution in [0.25, 0.3) is 0 Å². The van der Waals surface area contributed by atoms with Crippen molar-refractivity contribution in [2.45, 2.75) is 6.42 Å². The number of hydrazine groups is 1. The van der Waals surface area contributed by atoms with Crippen molar-refractivity contribution in [3.63, 3.8) is 0 Å². The molecule has 0 saturated heterocycles. The van der Waals surface area contributed by atoms with E-state index >= 15 is 0 Å². The minimum Gasteiger partial charge on any atom is -0.273 e. The molecule has 0 heterocycles. The normalized spacial score (nSPS) is 10.1. The molecule has 0 saturated carbocycles. The van der Waals surface area contributed by atoms with Crippen LogP contribution in [0.1, 0.15) is 15.9 Å². The van der Waals surface area contributed by atoms with Crippen molar-refractivity contribution in [1.29, 1.82) is 0 Å². The summed E-state index contributed by atoms with van der Waals surface area (Å²) in [5.74, 6) is -1.09. The van der Waals surface area contributed by atoms with E-state index in [4.69, 9.17) is 11.6 Å². The number of benzene rings is 2. The molecule has 0 fully saturated rings. The summed E-state index contributed by atoms with van der Waals surface area (Å²) in [7, 11) is 0. The lowest BCUT2D eigenvalue weighted by Gasteiger charge is -2.08. The third-order valence-electron chi connectivity index (χ3n) is 3.00. The van der Waals surface area contributed by atoms with Gasteiger partial charge in [-0.3, -0.25) is 30.6 Å². The number of nitrogens with one attached hydrogen (secondary N) is 2. The van der Waals surface area contributed by atoms with Gasteiger partial charge in [-0.25, -0.2) is 0 Å². The van der Waals surface area contributed by atoms with Crippen molar-refractivity contribution in [1.82, 2.24) is 10.9 Å². The van der Waals surface area contributed by atoms with E-state index in [9.17, 15) is 19.7 Å². The third kappa shape index (κ3) is 4.77. The van der Waals surface area contributed by atoms with E-state index < -0.39 is 16.7 Å². The Balaban J connectivity index is 1.95. The molecule has 0 aliphatic rings. The molecule has 2 N–H and O–H groups in total. The number of amides is 2. The summed E-state index contributed by atoms with van der Waals surface area (Å²) in [6, 6.07) is 10.6. The van der Waals surface area contributed by atoms with Crippen molar-refractivity contribution in [3.8, 4) is 0 Å². The molecule has 9 heteroatoms. The predicted molar refractivity (Wildman–Crippen MR) is 91.6 cm³/mol. The number of hydrogen-bond acceptors (Lipinski definition) is 4. The summed E-state index contributed by atoms with van der Waals surface area (Å²) in [5.41, 5.74) is 5.01. The fourth-order valence-corrected chi connectivity index (χ4v) is 2.34. The van der Waals surface area contributed by atoms with Crippen molar-refractivity contribution >= 4 is 45.0 Å². The van der Waals surface area contributed by atoms with E-state index in [1.807, 2.05) is 0 Å². The van der Waals surface area contributed by atoms with Crippen LogP contribution >= 0.6 is 27.5 Å². The highest BCUT2D eigenvalue weighted by Gasteiger charge is 2.16. The van der Waals surface area contributed by atoms with E-state index in [0.717, 1.165) is 11.6 Å². The SMILES string of the molecule is O=C(Cc1ccc(Cl)cc1)NNC(=O)c1ccc(Br)c([N+](=O)[O-])c1. The maximum absolute atomic E-state index is 12.0. The molecule has 0 aliphatic carbocycles. The summed E-state index contributed by atoms with van der Waals surface area (Å²) in [4.78, 5) is 34.0. The summed E-state index contributed by atoms with van der Waals surface area (Å²) in [6.45, 7) is 0. The van der Waals surface area contributed by atoms with Gasteiger partial charge in [0, 0.05) is 16.7 Å². The van der Waals surface area contributed by atoms with Gasteiger partial charge in [0.15, 0.2) is 0 Å². The maximum atomic E-state index is 12.0. The molecule has 0 unspecified atom stereocenters. The molecule has 2 rings (SSSR count). The monoisotopic (exact) mass is 411 g/mol. The Bertz CT molecular complexity index is 796. The lowest BCUT2D eigenvalue weighted by Crippen LogP contribution is -2.42. The molecule has 124 valence electrons. The molecule has 24 heavy (non-hydrogen) atoms. The fourth-order valence-electron chi connectivity index (χ4n) is 1.82. The zero-order valence-electron chi connectivity index (χ0n) is 12.1. The highest BCUT2D eigenvalue weighted by atomic mass is 79.9. The van der Waals surface area contributed by atoms with Gasteiger partial charge in [-0.1, -0.05) is 23.7 Å². The molecule has 0 spiro atoms. The third-order valence-corrected chi connectivity index (χ3v) is 3.92. The van der Waals surface area contributed by atoms with Gasteiger partial charge in [0.25, 0.3) is 11.6 Å². The number of nitro groups is 1. The molecule has 0 bridgehead atoms. The van der Waals surface area contributed by atoms with Crippen LogP contribution in [-0.2, 0) is 11.2 Å². The number of rotatable bonds is 4. The highest BCUT2D eigenvalue weighted by molar-refractivity contribution is 9.10. The van der Waals surface area contributed by atoms with Crippen molar-refractivity contribution in [3.05, 3.63) is 73.2 Å². The van der Waals surface area contributed by atoms with Crippen LogP contribution in [0.15, 0.2) is 46.9 Å².